The second-order valence-electron chi connectivity index (χ2n) is 7.46. The van der Waals surface area contributed by atoms with Crippen LogP contribution in [0.5, 0.6) is 0 Å². The van der Waals surface area contributed by atoms with Crippen LogP contribution in [0.3, 0.4) is 0 Å². The number of H-pyrrole nitrogens is 1. The van der Waals surface area contributed by atoms with E-state index in [4.69, 9.17) is 0 Å². The maximum atomic E-state index is 12.5. The van der Waals surface area contributed by atoms with Gasteiger partial charge in [0.15, 0.2) is 28.6 Å². The van der Waals surface area contributed by atoms with E-state index >= 15 is 0 Å². The first-order valence-electron chi connectivity index (χ1n) is 9.67. The number of para-hydroxylation sites is 2. The van der Waals surface area contributed by atoms with Crippen LogP contribution in [0.25, 0.3) is 22.2 Å². The molecular formula is C20H21N7O2. The molecule has 0 saturated carbocycles. The summed E-state index contributed by atoms with van der Waals surface area (Å²) in [4.78, 5) is 42.7. The van der Waals surface area contributed by atoms with Gasteiger partial charge in [-0.2, -0.15) is 0 Å². The van der Waals surface area contributed by atoms with Crippen molar-refractivity contribution in [1.29, 1.82) is 0 Å². The Labute approximate surface area is 166 Å². The molecule has 0 atom stereocenters. The Morgan fingerprint density at radius 2 is 1.93 bits per heavy atom. The Hall–Kier alpha value is -3.49. The van der Waals surface area contributed by atoms with Crippen molar-refractivity contribution in [2.45, 2.75) is 25.8 Å². The first-order chi connectivity index (χ1) is 14.0. The largest absolute Gasteiger partial charge is 0.355 e. The van der Waals surface area contributed by atoms with Crippen LogP contribution in [0.1, 0.15) is 36.4 Å². The van der Waals surface area contributed by atoms with Crippen molar-refractivity contribution in [3.8, 4) is 0 Å². The molecule has 0 unspecified atom stereocenters. The second-order valence-corrected chi connectivity index (χ2v) is 7.46. The monoisotopic (exact) mass is 391 g/mol. The van der Waals surface area contributed by atoms with E-state index in [1.807, 2.05) is 28.8 Å². The number of aryl methyl sites for hydroxylation is 1. The highest BCUT2D eigenvalue weighted by Crippen LogP contribution is 2.30. The second kappa shape index (κ2) is 6.54. The molecule has 0 aliphatic carbocycles. The Morgan fingerprint density at radius 3 is 2.69 bits per heavy atom. The number of imidazole rings is 2. The number of carbonyl (C=O) groups excluding carboxylic acids is 1. The van der Waals surface area contributed by atoms with Gasteiger partial charge >= 0.3 is 5.69 Å². The number of piperidine rings is 1. The summed E-state index contributed by atoms with van der Waals surface area (Å²) in [6.07, 6.45) is 3.15. The Balaban J connectivity index is 1.45. The Morgan fingerprint density at radius 1 is 1.17 bits per heavy atom. The molecule has 0 bridgehead atoms. The Bertz CT molecular complexity index is 1290. The van der Waals surface area contributed by atoms with Gasteiger partial charge in [-0.05, 0) is 25.0 Å². The summed E-state index contributed by atoms with van der Waals surface area (Å²) in [5, 5.41) is 0. The van der Waals surface area contributed by atoms with Crippen molar-refractivity contribution in [3.05, 3.63) is 46.9 Å². The van der Waals surface area contributed by atoms with Crippen molar-refractivity contribution < 1.29 is 4.79 Å². The van der Waals surface area contributed by atoms with Crippen molar-refractivity contribution in [2.75, 3.05) is 18.0 Å². The number of benzene rings is 1. The maximum Gasteiger partial charge on any atom is 0.326 e. The average molecular weight is 391 g/mol. The number of nitrogens with zero attached hydrogens (tertiary/aromatic N) is 6. The minimum absolute atomic E-state index is 0.0649. The lowest BCUT2D eigenvalue weighted by Crippen LogP contribution is -2.37. The molecule has 5 rings (SSSR count). The van der Waals surface area contributed by atoms with Gasteiger partial charge < -0.3 is 14.5 Å². The number of hydrogen-bond acceptors (Lipinski definition) is 6. The fraction of sp³-hybridized carbons (Fsp3) is 0.350. The normalized spacial score (nSPS) is 15.4. The van der Waals surface area contributed by atoms with Crippen LogP contribution < -0.4 is 10.6 Å². The first kappa shape index (κ1) is 17.6. The molecule has 4 heterocycles. The quantitative estimate of drug-likeness (QED) is 0.536. The summed E-state index contributed by atoms with van der Waals surface area (Å²) in [7, 11) is 1.79. The molecule has 1 aliphatic heterocycles. The van der Waals surface area contributed by atoms with Gasteiger partial charge in [-0.25, -0.2) is 19.7 Å². The third-order valence-electron chi connectivity index (χ3n) is 5.70. The number of rotatable bonds is 3. The fourth-order valence-corrected chi connectivity index (χ4v) is 4.31. The van der Waals surface area contributed by atoms with Crippen LogP contribution in [0.15, 0.2) is 35.4 Å². The molecule has 1 fully saturated rings. The molecule has 4 aromatic rings. The molecule has 1 N–H and O–H groups in total. The van der Waals surface area contributed by atoms with Crippen LogP contribution in [-0.2, 0) is 7.05 Å². The highest BCUT2D eigenvalue weighted by atomic mass is 16.1. The van der Waals surface area contributed by atoms with Crippen LogP contribution in [0, 0.1) is 0 Å². The SMILES string of the molecule is CC(=O)c1nc2c(N3CCC(n4c(=O)[nH]c5ccccc54)CC3)ncnc2n1C. The summed E-state index contributed by atoms with van der Waals surface area (Å²) in [6.45, 7) is 2.99. The van der Waals surface area contributed by atoms with Crippen LogP contribution in [-0.4, -0.2) is 47.9 Å². The summed E-state index contributed by atoms with van der Waals surface area (Å²) < 4.78 is 3.58. The molecule has 1 aromatic carbocycles. The van der Waals surface area contributed by atoms with Gasteiger partial charge in [-0.3, -0.25) is 9.36 Å². The van der Waals surface area contributed by atoms with Gasteiger partial charge in [0.25, 0.3) is 0 Å². The van der Waals surface area contributed by atoms with Gasteiger partial charge in [0, 0.05) is 33.1 Å². The molecule has 3 aromatic heterocycles. The van der Waals surface area contributed by atoms with E-state index in [0.29, 0.717) is 17.0 Å². The lowest BCUT2D eigenvalue weighted by Gasteiger charge is -2.33. The number of carbonyl (C=O) groups is 1. The lowest BCUT2D eigenvalue weighted by molar-refractivity contribution is 0.100. The zero-order valence-electron chi connectivity index (χ0n) is 16.3. The molecule has 0 radical (unpaired) electrons. The molecular weight excluding hydrogens is 370 g/mol. The summed E-state index contributed by atoms with van der Waals surface area (Å²) in [5.41, 5.74) is 3.03. The number of nitrogens with one attached hydrogen (secondary N) is 1. The summed E-state index contributed by atoms with van der Waals surface area (Å²) in [6, 6.07) is 7.90. The molecule has 1 saturated heterocycles. The topological polar surface area (TPSA) is 102 Å². The minimum Gasteiger partial charge on any atom is -0.355 e. The van der Waals surface area contributed by atoms with Crippen LogP contribution in [0.4, 0.5) is 5.82 Å². The highest BCUT2D eigenvalue weighted by Gasteiger charge is 2.26. The van der Waals surface area contributed by atoms with Gasteiger partial charge in [0.05, 0.1) is 11.0 Å². The standard InChI is InChI=1S/C20H21N7O2/c1-12(28)17-24-16-18(25(17)2)21-11-22-19(16)26-9-7-13(8-10-26)27-15-6-4-3-5-14(15)23-20(27)29/h3-6,11,13H,7-10H2,1-2H3,(H,23,29). The number of aromatic amines is 1. The van der Waals surface area contributed by atoms with Crippen molar-refractivity contribution in [3.63, 3.8) is 0 Å². The van der Waals surface area contributed by atoms with E-state index in [1.165, 1.54) is 13.3 Å². The average Bonchev–Trinajstić information content (AvgIpc) is 3.24. The maximum absolute atomic E-state index is 12.5. The molecule has 9 nitrogen and oxygen atoms in total. The van der Waals surface area contributed by atoms with Gasteiger partial charge in [-0.15, -0.1) is 0 Å². The number of fused-ring (bicyclic) bond motifs is 2. The highest BCUT2D eigenvalue weighted by molar-refractivity contribution is 5.96. The fourth-order valence-electron chi connectivity index (χ4n) is 4.31. The number of hydrogen-bond donors (Lipinski definition) is 1. The number of aromatic nitrogens is 6. The van der Waals surface area contributed by atoms with E-state index in [-0.39, 0.29) is 17.5 Å². The zero-order valence-corrected chi connectivity index (χ0v) is 16.3. The predicted octanol–water partition coefficient (Wildman–Crippen LogP) is 2.05. The molecule has 29 heavy (non-hydrogen) atoms. The smallest absolute Gasteiger partial charge is 0.326 e. The number of ketones is 1. The predicted molar refractivity (Wildman–Crippen MR) is 109 cm³/mol. The van der Waals surface area contributed by atoms with Gasteiger partial charge in [0.2, 0.25) is 0 Å². The van der Waals surface area contributed by atoms with Crippen molar-refractivity contribution in [1.82, 2.24) is 29.1 Å². The lowest BCUT2D eigenvalue weighted by atomic mass is 10.0. The van der Waals surface area contributed by atoms with Gasteiger partial charge in [0.1, 0.15) is 6.33 Å². The van der Waals surface area contributed by atoms with Crippen molar-refractivity contribution >= 4 is 33.8 Å². The van der Waals surface area contributed by atoms with Gasteiger partial charge in [-0.1, -0.05) is 12.1 Å². The van der Waals surface area contributed by atoms with Crippen LogP contribution >= 0.6 is 0 Å². The summed E-state index contributed by atoms with van der Waals surface area (Å²) in [5.74, 6) is 1.01. The van der Waals surface area contributed by atoms with E-state index in [9.17, 15) is 9.59 Å². The van der Waals surface area contributed by atoms with Crippen molar-refractivity contribution in [2.24, 2.45) is 7.05 Å². The molecule has 148 valence electrons. The van der Waals surface area contributed by atoms with E-state index in [1.54, 1.807) is 11.6 Å². The molecule has 0 spiro atoms. The van der Waals surface area contributed by atoms with E-state index in [2.05, 4.69) is 24.8 Å². The van der Waals surface area contributed by atoms with Crippen LogP contribution in [0.2, 0.25) is 0 Å². The summed E-state index contributed by atoms with van der Waals surface area (Å²) >= 11 is 0. The first-order valence-corrected chi connectivity index (χ1v) is 9.67. The Kier molecular flexibility index (Phi) is 3.97. The van der Waals surface area contributed by atoms with E-state index in [0.717, 1.165) is 42.8 Å². The number of anilines is 1. The van der Waals surface area contributed by atoms with E-state index < -0.39 is 0 Å². The third-order valence-corrected chi connectivity index (χ3v) is 5.70. The zero-order chi connectivity index (χ0) is 20.1. The number of Topliss-reactive ketones (excluding diaryl/α,β-unsaturated/α-hetero) is 1. The molecule has 9 heteroatoms. The molecule has 1 aliphatic rings. The molecule has 0 amide bonds. The third kappa shape index (κ3) is 2.72. The minimum atomic E-state index is -0.103.